The fourth-order valence-electron chi connectivity index (χ4n) is 1.73. The Hall–Kier alpha value is -2.34. The molecule has 0 fully saturated rings. The van der Waals surface area contributed by atoms with Crippen LogP contribution in [0.25, 0.3) is 5.82 Å². The van der Waals surface area contributed by atoms with Crippen molar-refractivity contribution in [1.82, 2.24) is 19.5 Å². The zero-order chi connectivity index (χ0) is 19.5. The topological polar surface area (TPSA) is 103 Å². The summed E-state index contributed by atoms with van der Waals surface area (Å²) in [5.74, 6) is -0.851. The molecule has 0 bridgehead atoms. The molecule has 142 valence electrons. The van der Waals surface area contributed by atoms with Gasteiger partial charge in [0.1, 0.15) is 5.15 Å². The van der Waals surface area contributed by atoms with E-state index in [-0.39, 0.29) is 22.4 Å². The second-order valence-corrected chi connectivity index (χ2v) is 7.13. The van der Waals surface area contributed by atoms with Crippen LogP contribution in [0, 0.1) is 0 Å². The number of alkyl halides is 3. The van der Waals surface area contributed by atoms with Crippen molar-refractivity contribution in [2.24, 2.45) is 0 Å². The highest BCUT2D eigenvalue weighted by Crippen LogP contribution is 2.21. The Balaban J connectivity index is 2.11. The minimum atomic E-state index is -4.33. The molecular weight excluding hydrogens is 401 g/mol. The van der Waals surface area contributed by atoms with E-state index in [1.54, 1.807) is 4.72 Å². The summed E-state index contributed by atoms with van der Waals surface area (Å²) in [4.78, 5) is 15.7. The monoisotopic (exact) mass is 412 g/mol. The molecule has 0 radical (unpaired) electrons. The van der Waals surface area contributed by atoms with Gasteiger partial charge in [-0.05, 0) is 12.1 Å². The number of carbonyl (C=O) groups is 1. The van der Waals surface area contributed by atoms with Gasteiger partial charge in [-0.15, -0.1) is 5.10 Å². The van der Waals surface area contributed by atoms with Crippen molar-refractivity contribution in [3.63, 3.8) is 0 Å². The number of sulfonamides is 1. The minimum absolute atomic E-state index is 0.0499. The SMILES string of the molecule is CS(=O)(=O)NC(=O)c1ccc(-n2ccc(OCCC(F)(F)F)n2)nc1Cl. The van der Waals surface area contributed by atoms with Crippen LogP contribution < -0.4 is 9.46 Å². The molecule has 0 atom stereocenters. The fraction of sp³-hybridized carbons (Fsp3) is 0.308. The first-order valence-corrected chi connectivity index (χ1v) is 9.16. The van der Waals surface area contributed by atoms with E-state index in [0.29, 0.717) is 0 Å². The molecule has 0 aliphatic rings. The van der Waals surface area contributed by atoms with Crippen LogP contribution >= 0.6 is 11.6 Å². The van der Waals surface area contributed by atoms with E-state index in [0.717, 1.165) is 6.26 Å². The average Bonchev–Trinajstić information content (AvgIpc) is 2.92. The molecule has 0 aromatic carbocycles. The van der Waals surface area contributed by atoms with Crippen molar-refractivity contribution in [2.45, 2.75) is 12.6 Å². The first-order chi connectivity index (χ1) is 11.9. The number of nitrogens with one attached hydrogen (secondary N) is 1. The van der Waals surface area contributed by atoms with Crippen LogP contribution in [0.2, 0.25) is 5.15 Å². The van der Waals surface area contributed by atoms with Gasteiger partial charge in [0.05, 0.1) is 24.8 Å². The maximum atomic E-state index is 12.1. The highest BCUT2D eigenvalue weighted by molar-refractivity contribution is 7.89. The Morgan fingerprint density at radius 1 is 1.35 bits per heavy atom. The lowest BCUT2D eigenvalue weighted by Crippen LogP contribution is -2.29. The number of hydrogen-bond donors (Lipinski definition) is 1. The number of rotatable bonds is 6. The summed E-state index contributed by atoms with van der Waals surface area (Å²) in [5, 5.41) is 3.61. The molecule has 2 aromatic rings. The number of aromatic nitrogens is 3. The predicted octanol–water partition coefficient (Wildman–Crippen LogP) is 1.94. The molecule has 2 rings (SSSR count). The van der Waals surface area contributed by atoms with Gasteiger partial charge in [-0.3, -0.25) is 4.79 Å². The summed E-state index contributed by atoms with van der Waals surface area (Å²) in [5.41, 5.74) is -0.172. The van der Waals surface area contributed by atoms with Crippen molar-refractivity contribution >= 4 is 27.5 Å². The molecule has 13 heteroatoms. The Labute approximate surface area is 151 Å². The van der Waals surface area contributed by atoms with Crippen LogP contribution in [0.1, 0.15) is 16.8 Å². The lowest BCUT2D eigenvalue weighted by Gasteiger charge is -2.07. The van der Waals surface area contributed by atoms with E-state index in [1.165, 1.54) is 29.1 Å². The van der Waals surface area contributed by atoms with Crippen LogP contribution in [0.4, 0.5) is 13.2 Å². The quantitative estimate of drug-likeness (QED) is 0.727. The summed E-state index contributed by atoms with van der Waals surface area (Å²) < 4.78 is 66.2. The zero-order valence-electron chi connectivity index (χ0n) is 13.1. The number of halogens is 4. The highest BCUT2D eigenvalue weighted by atomic mass is 35.5. The second kappa shape index (κ2) is 7.50. The van der Waals surface area contributed by atoms with E-state index in [4.69, 9.17) is 16.3 Å². The van der Waals surface area contributed by atoms with Crippen LogP contribution in [0.3, 0.4) is 0 Å². The summed E-state index contributed by atoms with van der Waals surface area (Å²) in [7, 11) is -3.77. The van der Waals surface area contributed by atoms with Crippen molar-refractivity contribution < 1.29 is 31.1 Å². The Kier molecular flexibility index (Phi) is 5.76. The standard InChI is InChI=1S/C13H12ClF3N4O4S/c1-26(23,24)20-12(22)8-2-3-9(18-11(8)14)21-6-4-10(19-21)25-7-5-13(15,16)17/h2-4,6H,5,7H2,1H3,(H,20,22). The Morgan fingerprint density at radius 2 is 2.04 bits per heavy atom. The average molecular weight is 413 g/mol. The van der Waals surface area contributed by atoms with E-state index >= 15 is 0 Å². The molecule has 1 amide bonds. The normalized spacial score (nSPS) is 12.0. The van der Waals surface area contributed by atoms with Crippen LogP contribution in [-0.2, 0) is 10.0 Å². The smallest absolute Gasteiger partial charge is 0.392 e. The van der Waals surface area contributed by atoms with Gasteiger partial charge in [-0.1, -0.05) is 11.6 Å². The zero-order valence-corrected chi connectivity index (χ0v) is 14.7. The van der Waals surface area contributed by atoms with E-state index in [1.807, 2.05) is 0 Å². The third-order valence-corrected chi connectivity index (χ3v) is 3.64. The number of amides is 1. The molecule has 0 aliphatic carbocycles. The molecule has 0 spiro atoms. The summed E-state index contributed by atoms with van der Waals surface area (Å²) >= 11 is 5.88. The first-order valence-electron chi connectivity index (χ1n) is 6.89. The van der Waals surface area contributed by atoms with E-state index in [2.05, 4.69) is 10.1 Å². The second-order valence-electron chi connectivity index (χ2n) is 5.02. The summed E-state index contributed by atoms with van der Waals surface area (Å²) in [6.45, 7) is -0.584. The van der Waals surface area contributed by atoms with Gasteiger partial charge >= 0.3 is 6.18 Å². The molecular formula is C13H12ClF3N4O4S. The largest absolute Gasteiger partial charge is 0.476 e. The van der Waals surface area contributed by atoms with Crippen molar-refractivity contribution in [3.05, 3.63) is 35.1 Å². The summed E-state index contributed by atoms with van der Waals surface area (Å²) in [6.07, 6.45) is -3.27. The van der Waals surface area contributed by atoms with Gasteiger partial charge in [0, 0.05) is 12.3 Å². The van der Waals surface area contributed by atoms with Crippen LogP contribution in [0.5, 0.6) is 5.88 Å². The number of ether oxygens (including phenoxy) is 1. The molecule has 2 aromatic heterocycles. The van der Waals surface area contributed by atoms with Crippen molar-refractivity contribution in [2.75, 3.05) is 12.9 Å². The van der Waals surface area contributed by atoms with Gasteiger partial charge in [0.15, 0.2) is 5.82 Å². The first kappa shape index (κ1) is 20.0. The van der Waals surface area contributed by atoms with Gasteiger partial charge < -0.3 is 4.74 Å². The lowest BCUT2D eigenvalue weighted by atomic mass is 10.3. The van der Waals surface area contributed by atoms with Gasteiger partial charge in [-0.2, -0.15) is 13.2 Å². The third-order valence-electron chi connectivity index (χ3n) is 2.79. The van der Waals surface area contributed by atoms with Gasteiger partial charge in [0.25, 0.3) is 5.91 Å². The Morgan fingerprint density at radius 3 is 2.62 bits per heavy atom. The third kappa shape index (κ3) is 5.88. The molecule has 1 N–H and O–H groups in total. The highest BCUT2D eigenvalue weighted by Gasteiger charge is 2.27. The summed E-state index contributed by atoms with van der Waals surface area (Å²) in [6, 6.07) is 3.89. The molecule has 0 unspecified atom stereocenters. The van der Waals surface area contributed by atoms with E-state index < -0.39 is 35.1 Å². The minimum Gasteiger partial charge on any atom is -0.476 e. The maximum absolute atomic E-state index is 12.1. The van der Waals surface area contributed by atoms with Gasteiger partial charge in [0.2, 0.25) is 15.9 Å². The van der Waals surface area contributed by atoms with E-state index in [9.17, 15) is 26.4 Å². The molecule has 0 saturated heterocycles. The fourth-order valence-corrected chi connectivity index (χ4v) is 2.41. The molecule has 2 heterocycles. The number of carbonyl (C=O) groups excluding carboxylic acids is 1. The maximum Gasteiger partial charge on any atom is 0.392 e. The van der Waals surface area contributed by atoms with Crippen LogP contribution in [-0.4, -0.2) is 48.1 Å². The predicted molar refractivity (Wildman–Crippen MR) is 84.8 cm³/mol. The van der Waals surface area contributed by atoms with Crippen molar-refractivity contribution in [3.8, 4) is 11.7 Å². The van der Waals surface area contributed by atoms with Crippen molar-refractivity contribution in [1.29, 1.82) is 0 Å². The molecule has 26 heavy (non-hydrogen) atoms. The number of pyridine rings is 1. The molecule has 0 saturated carbocycles. The number of hydrogen-bond acceptors (Lipinski definition) is 6. The molecule has 0 aliphatic heterocycles. The number of nitrogens with zero attached hydrogens (tertiary/aromatic N) is 3. The Bertz CT molecular complexity index is 914. The van der Waals surface area contributed by atoms with Crippen LogP contribution in [0.15, 0.2) is 24.4 Å². The van der Waals surface area contributed by atoms with Gasteiger partial charge in [-0.25, -0.2) is 22.8 Å². The lowest BCUT2D eigenvalue weighted by molar-refractivity contribution is -0.139. The molecule has 8 nitrogen and oxygen atoms in total.